The van der Waals surface area contributed by atoms with Crippen molar-refractivity contribution in [1.82, 2.24) is 20.9 Å². The SMILES string of the molecule is O=C(O)[C@@H](Cc1cccc(CC(=S)N(CCSc2cccc(C[C@H](C(=O)O)[C@H]3CCNC3)c2)Cc2cccc(C[C@H](C(=O)O)[C@H]3CCNC3)c2)c1)[C@H]1CCNC1. The first-order valence-electron chi connectivity index (χ1n) is 20.1. The minimum absolute atomic E-state index is 0.113. The maximum atomic E-state index is 12.3. The van der Waals surface area contributed by atoms with Crippen LogP contribution in [-0.4, -0.2) is 94.7 Å². The molecule has 0 saturated carbocycles. The maximum Gasteiger partial charge on any atom is 0.307 e. The molecule has 0 radical (unpaired) electrons. The second-order valence-corrected chi connectivity index (χ2v) is 17.5. The summed E-state index contributed by atoms with van der Waals surface area (Å²) in [4.78, 5) is 40.8. The van der Waals surface area contributed by atoms with Gasteiger partial charge in [-0.25, -0.2) is 0 Å². The zero-order valence-corrected chi connectivity index (χ0v) is 33.7. The Bertz CT molecular complexity index is 1810. The van der Waals surface area contributed by atoms with Crippen LogP contribution in [0.2, 0.25) is 0 Å². The minimum atomic E-state index is -0.751. The molecule has 56 heavy (non-hydrogen) atoms. The summed E-state index contributed by atoms with van der Waals surface area (Å²) < 4.78 is 0. The van der Waals surface area contributed by atoms with E-state index in [4.69, 9.17) is 12.2 Å². The molecule has 3 aromatic carbocycles. The normalized spacial score (nSPS) is 21.0. The molecule has 0 unspecified atom stereocenters. The molecule has 3 aliphatic heterocycles. The molecule has 6 rings (SSSR count). The smallest absolute Gasteiger partial charge is 0.307 e. The van der Waals surface area contributed by atoms with Gasteiger partial charge in [0.05, 0.1) is 22.7 Å². The molecule has 3 aromatic rings. The summed E-state index contributed by atoms with van der Waals surface area (Å²) in [7, 11) is 0. The predicted octanol–water partition coefficient (Wildman–Crippen LogP) is 5.41. The first-order chi connectivity index (χ1) is 27.1. The summed E-state index contributed by atoms with van der Waals surface area (Å²) in [6, 6.07) is 24.6. The van der Waals surface area contributed by atoms with Crippen molar-refractivity contribution in [2.45, 2.75) is 56.4 Å². The van der Waals surface area contributed by atoms with Crippen LogP contribution in [0.15, 0.2) is 77.7 Å². The van der Waals surface area contributed by atoms with E-state index in [-0.39, 0.29) is 17.8 Å². The van der Waals surface area contributed by atoms with Crippen LogP contribution >= 0.6 is 24.0 Å². The molecule has 3 saturated heterocycles. The van der Waals surface area contributed by atoms with Crippen LogP contribution < -0.4 is 16.0 Å². The lowest BCUT2D eigenvalue weighted by molar-refractivity contribution is -0.144. The summed E-state index contributed by atoms with van der Waals surface area (Å²) in [6.07, 6.45) is 4.62. The fraction of sp³-hybridized carbons (Fsp3) is 0.500. The molecular formula is C44H56N4O6S2. The van der Waals surface area contributed by atoms with Crippen molar-refractivity contribution in [2.75, 3.05) is 51.6 Å². The third-order valence-electron chi connectivity index (χ3n) is 11.9. The van der Waals surface area contributed by atoms with Gasteiger partial charge in [-0.1, -0.05) is 72.9 Å². The van der Waals surface area contributed by atoms with Crippen LogP contribution in [0.25, 0.3) is 0 Å². The fourth-order valence-electron chi connectivity index (χ4n) is 8.75. The van der Waals surface area contributed by atoms with Crippen molar-refractivity contribution in [1.29, 1.82) is 0 Å². The van der Waals surface area contributed by atoms with Crippen molar-refractivity contribution < 1.29 is 29.7 Å². The largest absolute Gasteiger partial charge is 0.481 e. The molecule has 0 aliphatic carbocycles. The van der Waals surface area contributed by atoms with Gasteiger partial charge in [-0.05, 0) is 135 Å². The Labute approximate surface area is 340 Å². The number of carboxylic acid groups (broad SMARTS) is 3. The molecule has 300 valence electrons. The van der Waals surface area contributed by atoms with Gasteiger partial charge in [-0.2, -0.15) is 0 Å². The number of nitrogens with one attached hydrogen (secondary N) is 3. The Hall–Kier alpha value is -3.81. The van der Waals surface area contributed by atoms with Crippen molar-refractivity contribution >= 4 is 46.9 Å². The van der Waals surface area contributed by atoms with Crippen LogP contribution in [0.5, 0.6) is 0 Å². The summed E-state index contributed by atoms with van der Waals surface area (Å²) in [6.45, 7) is 6.02. The molecule has 0 aromatic heterocycles. The van der Waals surface area contributed by atoms with Crippen LogP contribution in [0.1, 0.15) is 47.1 Å². The predicted molar refractivity (Wildman–Crippen MR) is 224 cm³/mol. The second kappa shape index (κ2) is 20.6. The third-order valence-corrected chi connectivity index (χ3v) is 13.3. The molecule has 0 bridgehead atoms. The number of nitrogens with zero attached hydrogens (tertiary/aromatic N) is 1. The van der Waals surface area contributed by atoms with Gasteiger partial charge in [0.2, 0.25) is 0 Å². The fourth-order valence-corrected chi connectivity index (χ4v) is 10.0. The molecule has 0 spiro atoms. The zero-order chi connectivity index (χ0) is 39.4. The molecule has 3 fully saturated rings. The van der Waals surface area contributed by atoms with Gasteiger partial charge < -0.3 is 36.2 Å². The number of thiocarbonyl (C=S) groups is 1. The molecule has 3 aliphatic rings. The molecule has 6 atom stereocenters. The Morgan fingerprint density at radius 1 is 0.643 bits per heavy atom. The lowest BCUT2D eigenvalue weighted by Crippen LogP contribution is -2.32. The lowest BCUT2D eigenvalue weighted by atomic mass is 9.86. The topological polar surface area (TPSA) is 151 Å². The van der Waals surface area contributed by atoms with Crippen molar-refractivity contribution in [3.63, 3.8) is 0 Å². The summed E-state index contributed by atoms with van der Waals surface area (Å²) in [5.41, 5.74) is 5.14. The highest BCUT2D eigenvalue weighted by atomic mass is 32.2. The highest BCUT2D eigenvalue weighted by Crippen LogP contribution is 2.28. The van der Waals surface area contributed by atoms with Crippen LogP contribution in [0.3, 0.4) is 0 Å². The third kappa shape index (κ3) is 11.9. The molecule has 0 amide bonds. The van der Waals surface area contributed by atoms with Crippen molar-refractivity contribution in [3.8, 4) is 0 Å². The van der Waals surface area contributed by atoms with E-state index in [0.717, 1.165) is 102 Å². The molecule has 10 nitrogen and oxygen atoms in total. The van der Waals surface area contributed by atoms with Crippen LogP contribution in [0.4, 0.5) is 0 Å². The van der Waals surface area contributed by atoms with E-state index in [1.54, 1.807) is 11.8 Å². The molecule has 12 heteroatoms. The number of thioether (sulfide) groups is 1. The highest BCUT2D eigenvalue weighted by Gasteiger charge is 2.33. The quantitative estimate of drug-likeness (QED) is 0.0641. The van der Waals surface area contributed by atoms with Crippen molar-refractivity contribution in [2.24, 2.45) is 35.5 Å². The van der Waals surface area contributed by atoms with Gasteiger partial charge in [0, 0.05) is 30.2 Å². The van der Waals surface area contributed by atoms with E-state index in [1.807, 2.05) is 36.4 Å². The van der Waals surface area contributed by atoms with E-state index >= 15 is 0 Å². The monoisotopic (exact) mass is 800 g/mol. The number of aliphatic carboxylic acids is 3. The van der Waals surface area contributed by atoms with E-state index < -0.39 is 35.7 Å². The van der Waals surface area contributed by atoms with Gasteiger partial charge in [0.15, 0.2) is 0 Å². The molecule has 3 heterocycles. The number of rotatable bonds is 20. The summed E-state index contributed by atoms with van der Waals surface area (Å²) >= 11 is 7.89. The van der Waals surface area contributed by atoms with E-state index in [1.165, 1.54) is 0 Å². The second-order valence-electron chi connectivity index (χ2n) is 15.8. The maximum absolute atomic E-state index is 12.3. The number of hydrogen-bond acceptors (Lipinski definition) is 8. The van der Waals surface area contributed by atoms with Gasteiger partial charge in [0.1, 0.15) is 0 Å². The average molecular weight is 801 g/mol. The van der Waals surface area contributed by atoms with Crippen LogP contribution in [-0.2, 0) is 46.6 Å². The molecule has 6 N–H and O–H groups in total. The van der Waals surface area contributed by atoms with E-state index in [2.05, 4.69) is 57.2 Å². The standard InChI is InChI=1S/C44H56N4O6S2/c49-42(50)38(34-10-13-45-25-34)21-29-4-1-6-31(18-29)24-41(55)48(28-33-8-2-5-30(19-33)22-39(43(51)52)35-11-14-46-26-35)16-17-56-37-9-3-7-32(20-37)23-40(44(53)54)36-12-15-47-27-36/h1-9,18-20,34-36,38-40,45-47H,10-17,21-28H2,(H,49,50)(H,51,52)(H,53,54)/t34-,35-,36-,38-,39-,40-/m0/s1. The Kier molecular flexibility index (Phi) is 15.4. The van der Waals surface area contributed by atoms with Gasteiger partial charge in [0.25, 0.3) is 0 Å². The van der Waals surface area contributed by atoms with Gasteiger partial charge >= 0.3 is 17.9 Å². The average Bonchev–Trinajstić information content (AvgIpc) is 4.00. The number of hydrogen-bond donors (Lipinski definition) is 6. The zero-order valence-electron chi connectivity index (χ0n) is 32.0. The minimum Gasteiger partial charge on any atom is -0.481 e. The lowest BCUT2D eigenvalue weighted by Gasteiger charge is -2.26. The Morgan fingerprint density at radius 3 is 1.54 bits per heavy atom. The van der Waals surface area contributed by atoms with Gasteiger partial charge in [-0.3, -0.25) is 14.4 Å². The first-order valence-corrected chi connectivity index (χ1v) is 21.5. The summed E-state index contributed by atoms with van der Waals surface area (Å²) in [5, 5.41) is 40.0. The van der Waals surface area contributed by atoms with E-state index in [9.17, 15) is 29.7 Å². The molecular weight excluding hydrogens is 745 g/mol. The highest BCUT2D eigenvalue weighted by molar-refractivity contribution is 7.99. The van der Waals surface area contributed by atoms with Gasteiger partial charge in [-0.15, -0.1) is 11.8 Å². The van der Waals surface area contributed by atoms with Crippen molar-refractivity contribution in [3.05, 3.63) is 101 Å². The Balaban J connectivity index is 1.15. The first kappa shape index (κ1) is 41.8. The Morgan fingerprint density at radius 2 is 1.07 bits per heavy atom. The number of carboxylic acids is 3. The summed E-state index contributed by atoms with van der Waals surface area (Å²) in [5.74, 6) is -2.42. The van der Waals surface area contributed by atoms with E-state index in [0.29, 0.717) is 38.8 Å². The number of carbonyl (C=O) groups is 3. The number of benzene rings is 3. The van der Waals surface area contributed by atoms with Crippen LogP contribution in [0, 0.1) is 35.5 Å².